The standard InChI is InChI=1S/C23H32N2O2/c1-15(2)25(20-10-9-16(14-24-20)21(26)27)19-12-17(22(3,4)5)11-18(13-19)23(6,7)8/h9-15H,1-8H3,(H,26,27). The summed E-state index contributed by atoms with van der Waals surface area (Å²) in [6.07, 6.45) is 1.42. The van der Waals surface area contributed by atoms with Gasteiger partial charge in [-0.25, -0.2) is 9.78 Å². The number of carbonyl (C=O) groups is 1. The van der Waals surface area contributed by atoms with Gasteiger partial charge in [-0.05, 0) is 60.1 Å². The molecule has 1 aromatic carbocycles. The summed E-state index contributed by atoms with van der Waals surface area (Å²) >= 11 is 0. The van der Waals surface area contributed by atoms with E-state index >= 15 is 0 Å². The molecule has 0 saturated heterocycles. The Kier molecular flexibility index (Phi) is 5.69. The van der Waals surface area contributed by atoms with Gasteiger partial charge >= 0.3 is 5.97 Å². The van der Waals surface area contributed by atoms with Crippen molar-refractivity contribution >= 4 is 17.5 Å². The van der Waals surface area contributed by atoms with Gasteiger partial charge in [-0.1, -0.05) is 47.6 Å². The Hall–Kier alpha value is -2.36. The molecule has 2 aromatic rings. The minimum absolute atomic E-state index is 0.0270. The first kappa shape index (κ1) is 20.9. The molecule has 0 saturated carbocycles. The average molecular weight is 369 g/mol. The fourth-order valence-corrected chi connectivity index (χ4v) is 2.97. The maximum atomic E-state index is 11.1. The maximum absolute atomic E-state index is 11.1. The van der Waals surface area contributed by atoms with Crippen molar-refractivity contribution in [3.63, 3.8) is 0 Å². The van der Waals surface area contributed by atoms with Crippen molar-refractivity contribution in [1.29, 1.82) is 0 Å². The summed E-state index contributed by atoms with van der Waals surface area (Å²) in [5, 5.41) is 9.14. The molecule has 0 fully saturated rings. The molecule has 0 atom stereocenters. The highest BCUT2D eigenvalue weighted by Crippen LogP contribution is 2.36. The van der Waals surface area contributed by atoms with E-state index in [4.69, 9.17) is 5.11 Å². The zero-order valence-corrected chi connectivity index (χ0v) is 17.8. The second-order valence-electron chi connectivity index (χ2n) is 9.44. The van der Waals surface area contributed by atoms with Gasteiger partial charge in [0.2, 0.25) is 0 Å². The summed E-state index contributed by atoms with van der Waals surface area (Å²) < 4.78 is 0. The van der Waals surface area contributed by atoms with E-state index in [9.17, 15) is 4.79 Å². The molecule has 27 heavy (non-hydrogen) atoms. The molecule has 4 nitrogen and oxygen atoms in total. The van der Waals surface area contributed by atoms with Crippen LogP contribution in [0.1, 0.15) is 76.9 Å². The van der Waals surface area contributed by atoms with Gasteiger partial charge in [0.1, 0.15) is 5.82 Å². The van der Waals surface area contributed by atoms with E-state index in [1.165, 1.54) is 17.3 Å². The summed E-state index contributed by atoms with van der Waals surface area (Å²) in [6.45, 7) is 17.6. The Morgan fingerprint density at radius 3 is 1.81 bits per heavy atom. The van der Waals surface area contributed by atoms with Crippen molar-refractivity contribution < 1.29 is 9.90 Å². The predicted molar refractivity (Wildman–Crippen MR) is 112 cm³/mol. The number of hydrogen-bond donors (Lipinski definition) is 1. The van der Waals surface area contributed by atoms with E-state index < -0.39 is 5.97 Å². The SMILES string of the molecule is CC(C)N(c1cc(C(C)(C)C)cc(C(C)(C)C)c1)c1ccc(C(=O)O)cn1. The fraction of sp³-hybridized carbons (Fsp3) is 0.478. The van der Waals surface area contributed by atoms with Crippen LogP contribution in [0.2, 0.25) is 0 Å². The molecular weight excluding hydrogens is 336 g/mol. The smallest absolute Gasteiger partial charge is 0.337 e. The van der Waals surface area contributed by atoms with E-state index in [1.54, 1.807) is 12.1 Å². The van der Waals surface area contributed by atoms with Gasteiger partial charge in [-0.3, -0.25) is 0 Å². The van der Waals surface area contributed by atoms with E-state index in [-0.39, 0.29) is 22.4 Å². The zero-order valence-electron chi connectivity index (χ0n) is 17.8. The first-order valence-electron chi connectivity index (χ1n) is 9.45. The summed E-state index contributed by atoms with van der Waals surface area (Å²) in [4.78, 5) is 17.7. The number of carboxylic acid groups (broad SMARTS) is 1. The van der Waals surface area contributed by atoms with Crippen LogP contribution in [0.25, 0.3) is 0 Å². The van der Waals surface area contributed by atoms with Crippen molar-refractivity contribution in [2.24, 2.45) is 0 Å². The number of nitrogens with zero attached hydrogens (tertiary/aromatic N) is 2. The van der Waals surface area contributed by atoms with Gasteiger partial charge in [0, 0.05) is 17.9 Å². The Labute approximate surface area is 163 Å². The quantitative estimate of drug-likeness (QED) is 0.727. The highest BCUT2D eigenvalue weighted by atomic mass is 16.4. The van der Waals surface area contributed by atoms with Gasteiger partial charge < -0.3 is 10.0 Å². The second-order valence-corrected chi connectivity index (χ2v) is 9.44. The third-order valence-electron chi connectivity index (χ3n) is 4.69. The first-order chi connectivity index (χ1) is 12.3. The van der Waals surface area contributed by atoms with Crippen molar-refractivity contribution in [3.05, 3.63) is 53.2 Å². The van der Waals surface area contributed by atoms with Crippen LogP contribution in [0, 0.1) is 0 Å². The Balaban J connectivity index is 2.64. The summed E-state index contributed by atoms with van der Waals surface area (Å²) in [6, 6.07) is 10.3. The molecule has 0 aliphatic carbocycles. The normalized spacial score (nSPS) is 12.3. The third kappa shape index (κ3) is 4.88. The molecule has 0 aliphatic rings. The van der Waals surface area contributed by atoms with Crippen LogP contribution in [0.5, 0.6) is 0 Å². The molecular formula is C23H32N2O2. The Morgan fingerprint density at radius 2 is 1.48 bits per heavy atom. The van der Waals surface area contributed by atoms with Gasteiger partial charge in [0.05, 0.1) is 5.56 Å². The molecule has 0 bridgehead atoms. The number of aromatic nitrogens is 1. The lowest BCUT2D eigenvalue weighted by Crippen LogP contribution is -2.28. The van der Waals surface area contributed by atoms with E-state index in [1.807, 2.05) is 0 Å². The molecule has 0 amide bonds. The number of benzene rings is 1. The van der Waals surface area contributed by atoms with Gasteiger partial charge in [0.15, 0.2) is 0 Å². The predicted octanol–water partition coefficient (Wildman–Crippen LogP) is 5.92. The van der Waals surface area contributed by atoms with E-state index in [0.29, 0.717) is 0 Å². The van der Waals surface area contributed by atoms with Crippen molar-refractivity contribution in [1.82, 2.24) is 4.98 Å². The van der Waals surface area contributed by atoms with E-state index in [0.717, 1.165) is 11.5 Å². The highest BCUT2D eigenvalue weighted by molar-refractivity contribution is 5.87. The number of anilines is 2. The van der Waals surface area contributed by atoms with Crippen LogP contribution in [0.4, 0.5) is 11.5 Å². The van der Waals surface area contributed by atoms with Crippen LogP contribution in [0.15, 0.2) is 36.5 Å². The number of rotatable bonds is 4. The molecule has 4 heteroatoms. The number of carboxylic acids is 1. The van der Waals surface area contributed by atoms with Crippen LogP contribution < -0.4 is 4.90 Å². The summed E-state index contributed by atoms with van der Waals surface area (Å²) in [5.41, 5.74) is 3.88. The maximum Gasteiger partial charge on any atom is 0.337 e. The van der Waals surface area contributed by atoms with Crippen LogP contribution in [0.3, 0.4) is 0 Å². The van der Waals surface area contributed by atoms with Crippen LogP contribution >= 0.6 is 0 Å². The van der Waals surface area contributed by atoms with Gasteiger partial charge in [-0.15, -0.1) is 0 Å². The average Bonchev–Trinajstić information content (AvgIpc) is 2.53. The fourth-order valence-electron chi connectivity index (χ4n) is 2.97. The second kappa shape index (κ2) is 7.34. The molecule has 1 aromatic heterocycles. The van der Waals surface area contributed by atoms with Crippen molar-refractivity contribution in [2.45, 2.75) is 72.3 Å². The van der Waals surface area contributed by atoms with Crippen molar-refractivity contribution in [3.8, 4) is 0 Å². The highest BCUT2D eigenvalue weighted by Gasteiger charge is 2.24. The lowest BCUT2D eigenvalue weighted by Gasteiger charge is -2.32. The number of hydrogen-bond acceptors (Lipinski definition) is 3. The van der Waals surface area contributed by atoms with Crippen LogP contribution in [-0.4, -0.2) is 22.1 Å². The number of aromatic carboxylic acids is 1. The minimum Gasteiger partial charge on any atom is -0.478 e. The molecule has 1 N–H and O–H groups in total. The summed E-state index contributed by atoms with van der Waals surface area (Å²) in [7, 11) is 0. The van der Waals surface area contributed by atoms with E-state index in [2.05, 4.69) is 83.5 Å². The zero-order chi connectivity index (χ0) is 20.6. The largest absolute Gasteiger partial charge is 0.478 e. The van der Waals surface area contributed by atoms with Crippen LogP contribution in [-0.2, 0) is 10.8 Å². The molecule has 0 unspecified atom stereocenters. The van der Waals surface area contributed by atoms with Gasteiger partial charge in [-0.2, -0.15) is 0 Å². The Bertz CT molecular complexity index is 778. The summed E-state index contributed by atoms with van der Waals surface area (Å²) in [5.74, 6) is -0.212. The molecule has 0 radical (unpaired) electrons. The van der Waals surface area contributed by atoms with Gasteiger partial charge in [0.25, 0.3) is 0 Å². The van der Waals surface area contributed by atoms with Crippen molar-refractivity contribution in [2.75, 3.05) is 4.90 Å². The first-order valence-corrected chi connectivity index (χ1v) is 9.45. The molecule has 1 heterocycles. The third-order valence-corrected chi connectivity index (χ3v) is 4.69. The lowest BCUT2D eigenvalue weighted by molar-refractivity contribution is 0.0696. The number of pyridine rings is 1. The molecule has 0 aliphatic heterocycles. The minimum atomic E-state index is -0.963. The molecule has 2 rings (SSSR count). The topological polar surface area (TPSA) is 53.4 Å². The monoisotopic (exact) mass is 368 g/mol. The Morgan fingerprint density at radius 1 is 0.963 bits per heavy atom. The molecule has 146 valence electrons. The lowest BCUT2D eigenvalue weighted by atomic mass is 9.80. The molecule has 0 spiro atoms.